The van der Waals surface area contributed by atoms with Gasteiger partial charge in [-0.25, -0.2) is 4.68 Å². The molecule has 9 heteroatoms. The number of hydrogen-bond donors (Lipinski definition) is 2. The van der Waals surface area contributed by atoms with Gasteiger partial charge in [-0.15, -0.1) is 0 Å². The lowest BCUT2D eigenvalue weighted by Gasteiger charge is -2.04. The molecule has 0 amide bonds. The zero-order chi connectivity index (χ0) is 15.2. The Morgan fingerprint density at radius 1 is 1.24 bits per heavy atom. The van der Waals surface area contributed by atoms with Gasteiger partial charge in [0.1, 0.15) is 11.6 Å². The summed E-state index contributed by atoms with van der Waals surface area (Å²) in [6.07, 6.45) is -4.62. The van der Waals surface area contributed by atoms with Crippen LogP contribution in [0, 0.1) is 0 Å². The molecule has 0 saturated heterocycles. The summed E-state index contributed by atoms with van der Waals surface area (Å²) in [4.78, 5) is 0. The van der Waals surface area contributed by atoms with Crippen LogP contribution in [0.15, 0.2) is 24.3 Å². The number of aromatic nitrogens is 4. The third-order valence-electron chi connectivity index (χ3n) is 3.00. The van der Waals surface area contributed by atoms with Gasteiger partial charge in [0.15, 0.2) is 11.3 Å². The van der Waals surface area contributed by atoms with Crippen LogP contribution in [-0.2, 0) is 6.18 Å². The highest BCUT2D eigenvalue weighted by Gasteiger charge is 2.39. The summed E-state index contributed by atoms with van der Waals surface area (Å²) in [5.74, 6) is 0.414. The molecule has 3 rings (SSSR count). The molecule has 110 valence electrons. The summed E-state index contributed by atoms with van der Waals surface area (Å²) in [6, 6.07) is 6.39. The van der Waals surface area contributed by atoms with Gasteiger partial charge >= 0.3 is 6.18 Å². The first-order valence-electron chi connectivity index (χ1n) is 5.86. The second-order valence-corrected chi connectivity index (χ2v) is 4.29. The number of halogens is 3. The summed E-state index contributed by atoms with van der Waals surface area (Å²) in [5.41, 5.74) is 4.89. The largest absolute Gasteiger partial charge is 0.497 e. The molecule has 1 aromatic carbocycles. The summed E-state index contributed by atoms with van der Waals surface area (Å²) in [5, 5.41) is 9.49. The number of nitrogens with one attached hydrogen (secondary N) is 1. The van der Waals surface area contributed by atoms with Gasteiger partial charge in [0.25, 0.3) is 0 Å². The van der Waals surface area contributed by atoms with Crippen molar-refractivity contribution in [3.63, 3.8) is 0 Å². The molecule has 3 aromatic rings. The molecule has 0 unspecified atom stereocenters. The highest BCUT2D eigenvalue weighted by molar-refractivity contribution is 5.90. The number of nitrogen functional groups attached to an aromatic ring is 1. The predicted molar refractivity (Wildman–Crippen MR) is 69.2 cm³/mol. The molecule has 0 aliphatic rings. The molecule has 0 aliphatic heterocycles. The van der Waals surface area contributed by atoms with E-state index in [1.807, 2.05) is 0 Å². The number of anilines is 1. The fourth-order valence-corrected chi connectivity index (χ4v) is 2.03. The summed E-state index contributed by atoms with van der Waals surface area (Å²) >= 11 is 0. The molecule has 0 atom stereocenters. The fraction of sp³-hybridized carbons (Fsp3) is 0.167. The van der Waals surface area contributed by atoms with Gasteiger partial charge in [-0.05, 0) is 24.3 Å². The Labute approximate surface area is 116 Å². The van der Waals surface area contributed by atoms with Crippen molar-refractivity contribution in [3.05, 3.63) is 30.0 Å². The van der Waals surface area contributed by atoms with Crippen LogP contribution >= 0.6 is 0 Å². The van der Waals surface area contributed by atoms with Gasteiger partial charge in [0.05, 0.1) is 18.2 Å². The van der Waals surface area contributed by atoms with Crippen molar-refractivity contribution >= 4 is 16.9 Å². The van der Waals surface area contributed by atoms with Crippen LogP contribution in [0.4, 0.5) is 19.0 Å². The minimum absolute atomic E-state index is 0.0185. The molecule has 2 heterocycles. The topological polar surface area (TPSA) is 81.8 Å². The predicted octanol–water partition coefficient (Wildman–Crippen LogP) is 2.36. The van der Waals surface area contributed by atoms with Gasteiger partial charge in [-0.1, -0.05) is 0 Å². The van der Waals surface area contributed by atoms with Crippen LogP contribution in [0.5, 0.6) is 5.75 Å². The molecule has 6 nitrogen and oxygen atoms in total. The maximum absolute atomic E-state index is 13.0. The maximum atomic E-state index is 13.0. The molecule has 0 saturated carbocycles. The van der Waals surface area contributed by atoms with Gasteiger partial charge in [0.2, 0.25) is 0 Å². The number of fused-ring (bicyclic) bond motifs is 1. The van der Waals surface area contributed by atoms with Gasteiger partial charge in [0, 0.05) is 0 Å². The molecule has 0 spiro atoms. The number of methoxy groups -OCH3 is 1. The average Bonchev–Trinajstić information content (AvgIpc) is 3.00. The molecule has 0 aliphatic carbocycles. The van der Waals surface area contributed by atoms with Crippen molar-refractivity contribution in [1.29, 1.82) is 0 Å². The monoisotopic (exact) mass is 297 g/mol. The van der Waals surface area contributed by atoms with Crippen LogP contribution in [0.1, 0.15) is 5.69 Å². The van der Waals surface area contributed by atoms with E-state index < -0.39 is 11.9 Å². The van der Waals surface area contributed by atoms with Crippen LogP contribution in [0.3, 0.4) is 0 Å². The SMILES string of the molecule is COc1ccc(-n2nc(C(F)(F)F)c3c(N)[nH]nc32)cc1. The summed E-state index contributed by atoms with van der Waals surface area (Å²) in [7, 11) is 1.50. The van der Waals surface area contributed by atoms with Gasteiger partial charge < -0.3 is 10.5 Å². The number of H-pyrrole nitrogens is 1. The van der Waals surface area contributed by atoms with Crippen molar-refractivity contribution < 1.29 is 17.9 Å². The molecular formula is C12H10F3N5O. The van der Waals surface area contributed by atoms with Crippen molar-refractivity contribution in [1.82, 2.24) is 20.0 Å². The highest BCUT2D eigenvalue weighted by Crippen LogP contribution is 2.36. The maximum Gasteiger partial charge on any atom is 0.436 e. The number of benzene rings is 1. The molecular weight excluding hydrogens is 287 g/mol. The number of nitrogens with zero attached hydrogens (tertiary/aromatic N) is 3. The van der Waals surface area contributed by atoms with Crippen LogP contribution in [0.25, 0.3) is 16.7 Å². The van der Waals surface area contributed by atoms with Gasteiger partial charge in [-0.2, -0.15) is 23.4 Å². The highest BCUT2D eigenvalue weighted by atomic mass is 19.4. The van der Waals surface area contributed by atoms with Crippen LogP contribution in [-0.4, -0.2) is 27.1 Å². The quantitative estimate of drug-likeness (QED) is 0.760. The zero-order valence-electron chi connectivity index (χ0n) is 10.8. The van der Waals surface area contributed by atoms with E-state index in [-0.39, 0.29) is 16.9 Å². The van der Waals surface area contributed by atoms with Crippen molar-refractivity contribution in [3.8, 4) is 11.4 Å². The van der Waals surface area contributed by atoms with E-state index in [9.17, 15) is 13.2 Å². The van der Waals surface area contributed by atoms with Gasteiger partial charge in [-0.3, -0.25) is 5.10 Å². The molecule has 3 N–H and O–H groups in total. The first-order valence-corrected chi connectivity index (χ1v) is 5.86. The first kappa shape index (κ1) is 13.3. The summed E-state index contributed by atoms with van der Waals surface area (Å²) < 4.78 is 45.2. The van der Waals surface area contributed by atoms with Crippen LogP contribution in [0.2, 0.25) is 0 Å². The third-order valence-corrected chi connectivity index (χ3v) is 3.00. The number of rotatable bonds is 2. The number of ether oxygens (including phenoxy) is 1. The smallest absolute Gasteiger partial charge is 0.436 e. The van der Waals surface area contributed by atoms with Crippen molar-refractivity contribution in [2.24, 2.45) is 0 Å². The van der Waals surface area contributed by atoms with E-state index in [0.29, 0.717) is 11.4 Å². The second-order valence-electron chi connectivity index (χ2n) is 4.29. The second kappa shape index (κ2) is 4.40. The van der Waals surface area contributed by atoms with Crippen LogP contribution < -0.4 is 10.5 Å². The zero-order valence-corrected chi connectivity index (χ0v) is 10.8. The lowest BCUT2D eigenvalue weighted by atomic mass is 10.3. The minimum Gasteiger partial charge on any atom is -0.497 e. The Morgan fingerprint density at radius 3 is 2.48 bits per heavy atom. The molecule has 2 aromatic heterocycles. The standard InChI is InChI=1S/C12H10F3N5O/c1-21-7-4-2-6(3-5-7)20-11-8(10(16)17-18-11)9(19-20)12(13,14)15/h2-5H,1H3,(H3,16,17,18). The lowest BCUT2D eigenvalue weighted by Crippen LogP contribution is -2.08. The number of aromatic amines is 1. The van der Waals surface area contributed by atoms with E-state index in [4.69, 9.17) is 10.5 Å². The van der Waals surface area contributed by atoms with Crippen molar-refractivity contribution in [2.75, 3.05) is 12.8 Å². The number of hydrogen-bond acceptors (Lipinski definition) is 4. The molecule has 0 fully saturated rings. The van der Waals surface area contributed by atoms with E-state index in [1.165, 1.54) is 7.11 Å². The number of nitrogens with two attached hydrogens (primary N) is 1. The third kappa shape index (κ3) is 2.06. The number of alkyl halides is 3. The molecule has 21 heavy (non-hydrogen) atoms. The first-order chi connectivity index (χ1) is 9.91. The van der Waals surface area contributed by atoms with E-state index >= 15 is 0 Å². The van der Waals surface area contributed by atoms with Crippen molar-refractivity contribution in [2.45, 2.75) is 6.18 Å². The lowest BCUT2D eigenvalue weighted by molar-refractivity contribution is -0.140. The molecule has 0 radical (unpaired) electrons. The van der Waals surface area contributed by atoms with E-state index in [1.54, 1.807) is 24.3 Å². The Hall–Kier alpha value is -2.71. The summed E-state index contributed by atoms with van der Waals surface area (Å²) in [6.45, 7) is 0. The minimum atomic E-state index is -4.62. The Bertz CT molecular complexity index is 788. The van der Waals surface area contributed by atoms with E-state index in [0.717, 1.165) is 4.68 Å². The normalized spacial score (nSPS) is 12.0. The molecule has 0 bridgehead atoms. The average molecular weight is 297 g/mol. The Kier molecular flexibility index (Phi) is 2.78. The Morgan fingerprint density at radius 2 is 1.90 bits per heavy atom. The Balaban J connectivity index is 2.23. The fourth-order valence-electron chi connectivity index (χ4n) is 2.03. The van der Waals surface area contributed by atoms with E-state index in [2.05, 4.69) is 15.3 Å².